The molecule has 3 nitrogen and oxygen atoms in total. The lowest BCUT2D eigenvalue weighted by Gasteiger charge is -2.20. The largest absolute Gasteiger partial charge is 0.497 e. The van der Waals surface area contributed by atoms with Crippen LogP contribution < -0.4 is 4.74 Å². The fourth-order valence-electron chi connectivity index (χ4n) is 2.90. The molecular formula is C15H20N2O. The van der Waals surface area contributed by atoms with Crippen LogP contribution in [0.1, 0.15) is 12.8 Å². The second kappa shape index (κ2) is 4.65. The van der Waals surface area contributed by atoms with Crippen molar-refractivity contribution in [3.63, 3.8) is 0 Å². The quantitative estimate of drug-likeness (QED) is 0.826. The zero-order valence-electron chi connectivity index (χ0n) is 11.1. The molecule has 0 N–H and O–H groups in total. The van der Waals surface area contributed by atoms with Crippen LogP contribution >= 0.6 is 0 Å². The maximum Gasteiger partial charge on any atom is 0.119 e. The van der Waals surface area contributed by atoms with E-state index in [-0.39, 0.29) is 0 Å². The van der Waals surface area contributed by atoms with Gasteiger partial charge in [0.05, 0.1) is 7.11 Å². The first-order chi connectivity index (χ1) is 8.78. The van der Waals surface area contributed by atoms with Crippen molar-refractivity contribution in [1.29, 1.82) is 0 Å². The monoisotopic (exact) mass is 244 g/mol. The lowest BCUT2D eigenvalue weighted by atomic mass is 10.2. The molecule has 2 aromatic rings. The minimum absolute atomic E-state index is 0.683. The summed E-state index contributed by atoms with van der Waals surface area (Å²) in [5, 5.41) is 1.26. The predicted octanol–water partition coefficient (Wildman–Crippen LogP) is 2.74. The molecule has 1 fully saturated rings. The van der Waals surface area contributed by atoms with Crippen LogP contribution in [0.3, 0.4) is 0 Å². The van der Waals surface area contributed by atoms with Crippen molar-refractivity contribution in [2.45, 2.75) is 25.4 Å². The molecule has 1 aliphatic heterocycles. The Morgan fingerprint density at radius 3 is 2.94 bits per heavy atom. The zero-order chi connectivity index (χ0) is 12.5. The number of methoxy groups -OCH3 is 1. The number of hydrogen-bond acceptors (Lipinski definition) is 2. The number of fused-ring (bicyclic) bond motifs is 1. The van der Waals surface area contributed by atoms with Gasteiger partial charge in [-0.05, 0) is 50.7 Å². The minimum Gasteiger partial charge on any atom is -0.497 e. The van der Waals surface area contributed by atoms with Gasteiger partial charge in [-0.3, -0.25) is 0 Å². The van der Waals surface area contributed by atoms with Gasteiger partial charge in [0.2, 0.25) is 0 Å². The van der Waals surface area contributed by atoms with Crippen molar-refractivity contribution in [3.8, 4) is 5.75 Å². The van der Waals surface area contributed by atoms with Crippen LogP contribution in [0.5, 0.6) is 5.75 Å². The second-order valence-electron chi connectivity index (χ2n) is 5.17. The van der Waals surface area contributed by atoms with Gasteiger partial charge in [-0.25, -0.2) is 0 Å². The summed E-state index contributed by atoms with van der Waals surface area (Å²) in [5.41, 5.74) is 1.30. The van der Waals surface area contributed by atoms with Gasteiger partial charge in [-0.1, -0.05) is 0 Å². The van der Waals surface area contributed by atoms with E-state index in [4.69, 9.17) is 4.74 Å². The SMILES string of the molecule is COc1ccc2c(ccn2CC2CCCN2C)c1. The van der Waals surface area contributed by atoms with Crippen molar-refractivity contribution < 1.29 is 4.74 Å². The Labute approximate surface area is 108 Å². The van der Waals surface area contributed by atoms with E-state index in [1.807, 2.05) is 6.07 Å². The van der Waals surface area contributed by atoms with E-state index in [1.165, 1.54) is 30.3 Å². The summed E-state index contributed by atoms with van der Waals surface area (Å²) in [5.74, 6) is 0.929. The first-order valence-corrected chi connectivity index (χ1v) is 6.61. The Hall–Kier alpha value is -1.48. The average Bonchev–Trinajstić information content (AvgIpc) is 2.97. The van der Waals surface area contributed by atoms with Crippen LogP contribution in [0, 0.1) is 0 Å². The van der Waals surface area contributed by atoms with Crippen LogP contribution in [-0.4, -0.2) is 36.2 Å². The lowest BCUT2D eigenvalue weighted by molar-refractivity contribution is 0.284. The Morgan fingerprint density at radius 2 is 2.22 bits per heavy atom. The van der Waals surface area contributed by atoms with Gasteiger partial charge >= 0.3 is 0 Å². The number of likely N-dealkylation sites (tertiary alicyclic amines) is 1. The number of hydrogen-bond donors (Lipinski definition) is 0. The number of aromatic nitrogens is 1. The molecule has 96 valence electrons. The van der Waals surface area contributed by atoms with Crippen molar-refractivity contribution in [3.05, 3.63) is 30.5 Å². The van der Waals surface area contributed by atoms with Crippen molar-refractivity contribution >= 4 is 10.9 Å². The first kappa shape index (κ1) is 11.6. The molecule has 0 radical (unpaired) electrons. The standard InChI is InChI=1S/C15H20N2O/c1-16-8-3-4-13(16)11-17-9-7-12-10-14(18-2)5-6-15(12)17/h5-7,9-10,13H,3-4,8,11H2,1-2H3. The molecule has 0 bridgehead atoms. The molecule has 0 spiro atoms. The molecule has 1 aliphatic rings. The van der Waals surface area contributed by atoms with Gasteiger partial charge in [-0.2, -0.15) is 0 Å². The number of likely N-dealkylation sites (N-methyl/N-ethyl adjacent to an activating group) is 1. The number of rotatable bonds is 3. The third-order valence-corrected chi connectivity index (χ3v) is 4.06. The first-order valence-electron chi connectivity index (χ1n) is 6.61. The van der Waals surface area contributed by atoms with Gasteiger partial charge in [0, 0.05) is 29.7 Å². The average molecular weight is 244 g/mol. The Balaban J connectivity index is 1.88. The molecule has 0 saturated carbocycles. The summed E-state index contributed by atoms with van der Waals surface area (Å²) >= 11 is 0. The summed E-state index contributed by atoms with van der Waals surface area (Å²) in [7, 11) is 3.94. The molecular weight excluding hydrogens is 224 g/mol. The molecule has 0 amide bonds. The van der Waals surface area contributed by atoms with Crippen molar-refractivity contribution in [2.75, 3.05) is 20.7 Å². The molecule has 1 saturated heterocycles. The van der Waals surface area contributed by atoms with Crippen LogP contribution in [0.15, 0.2) is 30.5 Å². The van der Waals surface area contributed by atoms with Crippen LogP contribution in [0.4, 0.5) is 0 Å². The van der Waals surface area contributed by atoms with Crippen molar-refractivity contribution in [1.82, 2.24) is 9.47 Å². The molecule has 2 heterocycles. The van der Waals surface area contributed by atoms with Gasteiger partial charge in [-0.15, -0.1) is 0 Å². The summed E-state index contributed by atoms with van der Waals surface area (Å²) in [6, 6.07) is 9.15. The van der Waals surface area contributed by atoms with E-state index < -0.39 is 0 Å². The number of ether oxygens (including phenoxy) is 1. The molecule has 1 aromatic carbocycles. The van der Waals surface area contributed by atoms with E-state index in [9.17, 15) is 0 Å². The molecule has 1 aromatic heterocycles. The van der Waals surface area contributed by atoms with E-state index in [1.54, 1.807) is 7.11 Å². The van der Waals surface area contributed by atoms with Crippen LogP contribution in [0.25, 0.3) is 10.9 Å². The third kappa shape index (κ3) is 1.99. The van der Waals surface area contributed by atoms with Crippen molar-refractivity contribution in [2.24, 2.45) is 0 Å². The number of benzene rings is 1. The Morgan fingerprint density at radius 1 is 1.33 bits per heavy atom. The fourth-order valence-corrected chi connectivity index (χ4v) is 2.90. The highest BCUT2D eigenvalue weighted by molar-refractivity contribution is 5.81. The summed E-state index contributed by atoms with van der Waals surface area (Å²) in [6.07, 6.45) is 4.83. The summed E-state index contributed by atoms with van der Waals surface area (Å²) in [4.78, 5) is 2.47. The van der Waals surface area contributed by atoms with E-state index in [0.717, 1.165) is 12.3 Å². The Kier molecular flexibility index (Phi) is 3.00. The van der Waals surface area contributed by atoms with Gasteiger partial charge in [0.25, 0.3) is 0 Å². The lowest BCUT2D eigenvalue weighted by Crippen LogP contribution is -2.28. The van der Waals surface area contributed by atoms with E-state index >= 15 is 0 Å². The highest BCUT2D eigenvalue weighted by Crippen LogP contribution is 2.24. The Bertz CT molecular complexity index is 546. The highest BCUT2D eigenvalue weighted by atomic mass is 16.5. The minimum atomic E-state index is 0.683. The summed E-state index contributed by atoms with van der Waals surface area (Å²) < 4.78 is 7.63. The zero-order valence-corrected chi connectivity index (χ0v) is 11.1. The number of nitrogens with zero attached hydrogens (tertiary/aromatic N) is 2. The predicted molar refractivity (Wildman–Crippen MR) is 74.1 cm³/mol. The molecule has 1 atom stereocenters. The molecule has 1 unspecified atom stereocenters. The van der Waals surface area contributed by atoms with Crippen LogP contribution in [-0.2, 0) is 6.54 Å². The maximum absolute atomic E-state index is 5.26. The normalized spacial score (nSPS) is 20.7. The second-order valence-corrected chi connectivity index (χ2v) is 5.17. The molecule has 0 aliphatic carbocycles. The topological polar surface area (TPSA) is 17.4 Å². The fraction of sp³-hybridized carbons (Fsp3) is 0.467. The third-order valence-electron chi connectivity index (χ3n) is 4.06. The van der Waals surface area contributed by atoms with E-state index in [0.29, 0.717) is 6.04 Å². The molecule has 3 heteroatoms. The highest BCUT2D eigenvalue weighted by Gasteiger charge is 2.21. The molecule has 18 heavy (non-hydrogen) atoms. The van der Waals surface area contributed by atoms with Gasteiger partial charge < -0.3 is 14.2 Å². The van der Waals surface area contributed by atoms with Gasteiger partial charge in [0.1, 0.15) is 5.75 Å². The van der Waals surface area contributed by atoms with E-state index in [2.05, 4.69) is 40.9 Å². The maximum atomic E-state index is 5.26. The smallest absolute Gasteiger partial charge is 0.119 e. The summed E-state index contributed by atoms with van der Waals surface area (Å²) in [6.45, 7) is 2.32. The van der Waals surface area contributed by atoms with Crippen LogP contribution in [0.2, 0.25) is 0 Å². The van der Waals surface area contributed by atoms with Gasteiger partial charge in [0.15, 0.2) is 0 Å². The molecule has 3 rings (SSSR count).